The predicted molar refractivity (Wildman–Crippen MR) is 106 cm³/mol. The van der Waals surface area contributed by atoms with Crippen LogP contribution in [0.3, 0.4) is 0 Å². The molecule has 0 atom stereocenters. The first-order valence-corrected chi connectivity index (χ1v) is 9.08. The predicted octanol–water partition coefficient (Wildman–Crippen LogP) is 3.52. The van der Waals surface area contributed by atoms with E-state index < -0.39 is 0 Å². The quantitative estimate of drug-likeness (QED) is 0.397. The van der Waals surface area contributed by atoms with Gasteiger partial charge in [0, 0.05) is 30.7 Å². The van der Waals surface area contributed by atoms with Gasteiger partial charge < -0.3 is 9.32 Å². The number of rotatable bonds is 0. The molecule has 6 rings (SSSR count). The normalized spacial score (nSPS) is 14.5. The highest BCUT2D eigenvalue weighted by Gasteiger charge is 2.18. The Morgan fingerprint density at radius 1 is 1.11 bits per heavy atom. The van der Waals surface area contributed by atoms with E-state index in [0.29, 0.717) is 11.4 Å². The van der Waals surface area contributed by atoms with Gasteiger partial charge in [-0.15, -0.1) is 0 Å². The maximum absolute atomic E-state index is 12.6. The molecule has 0 saturated carbocycles. The molecule has 5 aromatic rings. The second-order valence-corrected chi connectivity index (χ2v) is 7.16. The van der Waals surface area contributed by atoms with Crippen LogP contribution in [0.2, 0.25) is 0 Å². The molecule has 0 unspecified atom stereocenters. The summed E-state index contributed by atoms with van der Waals surface area (Å²) in [6.45, 7) is 1.04. The molecule has 0 amide bonds. The molecule has 1 aliphatic rings. The fourth-order valence-corrected chi connectivity index (χ4v) is 4.17. The van der Waals surface area contributed by atoms with E-state index in [1.807, 2.05) is 30.3 Å². The molecule has 2 aromatic carbocycles. The van der Waals surface area contributed by atoms with Gasteiger partial charge >= 0.3 is 5.69 Å². The lowest BCUT2D eigenvalue weighted by Gasteiger charge is -2.27. The molecule has 0 fully saturated rings. The SMILES string of the molecule is CN1CCCc2cc3cc4c(nc(=O)n5c6ccccc6nc45)oc3cc21. The monoisotopic (exact) mass is 356 g/mol. The summed E-state index contributed by atoms with van der Waals surface area (Å²) in [6.07, 6.45) is 2.21. The van der Waals surface area contributed by atoms with Crippen molar-refractivity contribution in [1.29, 1.82) is 0 Å². The van der Waals surface area contributed by atoms with Gasteiger partial charge in [0.1, 0.15) is 5.58 Å². The van der Waals surface area contributed by atoms with Crippen LogP contribution in [0.1, 0.15) is 12.0 Å². The molecule has 3 aromatic heterocycles. The lowest BCUT2D eigenvalue weighted by molar-refractivity contribution is 0.640. The molecule has 132 valence electrons. The Morgan fingerprint density at radius 3 is 2.93 bits per heavy atom. The van der Waals surface area contributed by atoms with Gasteiger partial charge in [-0.1, -0.05) is 12.1 Å². The number of nitrogens with zero attached hydrogens (tertiary/aromatic N) is 4. The average Bonchev–Trinajstić information content (AvgIpc) is 3.06. The Hall–Kier alpha value is -3.41. The number of aromatic nitrogens is 3. The zero-order chi connectivity index (χ0) is 18.1. The third kappa shape index (κ3) is 1.98. The van der Waals surface area contributed by atoms with Gasteiger partial charge in [0.25, 0.3) is 0 Å². The van der Waals surface area contributed by atoms with Crippen LogP contribution in [0, 0.1) is 0 Å². The highest BCUT2D eigenvalue weighted by atomic mass is 16.3. The van der Waals surface area contributed by atoms with Crippen LogP contribution in [-0.4, -0.2) is 28.0 Å². The summed E-state index contributed by atoms with van der Waals surface area (Å²) in [4.78, 5) is 23.7. The van der Waals surface area contributed by atoms with Crippen LogP contribution in [0.25, 0.3) is 38.7 Å². The topological polar surface area (TPSA) is 63.6 Å². The zero-order valence-corrected chi connectivity index (χ0v) is 14.8. The van der Waals surface area contributed by atoms with Crippen LogP contribution in [-0.2, 0) is 6.42 Å². The van der Waals surface area contributed by atoms with E-state index in [1.165, 1.54) is 11.3 Å². The third-order valence-corrected chi connectivity index (χ3v) is 5.49. The number of para-hydroxylation sites is 2. The number of imidazole rings is 1. The molecule has 0 radical (unpaired) electrons. The summed E-state index contributed by atoms with van der Waals surface area (Å²) in [6, 6.07) is 13.9. The minimum atomic E-state index is -0.371. The number of aryl methyl sites for hydroxylation is 1. The lowest BCUT2D eigenvalue weighted by atomic mass is 10.00. The molecule has 27 heavy (non-hydrogen) atoms. The van der Waals surface area contributed by atoms with Crippen molar-refractivity contribution in [3.8, 4) is 0 Å². The smallest absolute Gasteiger partial charge is 0.357 e. The van der Waals surface area contributed by atoms with E-state index in [-0.39, 0.29) is 5.69 Å². The second-order valence-electron chi connectivity index (χ2n) is 7.16. The lowest BCUT2D eigenvalue weighted by Crippen LogP contribution is -2.24. The Morgan fingerprint density at radius 2 is 2.00 bits per heavy atom. The molecule has 0 spiro atoms. The molecular formula is C21H16N4O2. The first kappa shape index (κ1) is 14.7. The summed E-state index contributed by atoms with van der Waals surface area (Å²) in [5.41, 5.74) is 5.33. The van der Waals surface area contributed by atoms with Crippen LogP contribution >= 0.6 is 0 Å². The van der Waals surface area contributed by atoms with Crippen molar-refractivity contribution < 1.29 is 4.42 Å². The van der Waals surface area contributed by atoms with Crippen molar-refractivity contribution in [2.75, 3.05) is 18.5 Å². The highest BCUT2D eigenvalue weighted by Crippen LogP contribution is 2.33. The summed E-state index contributed by atoms with van der Waals surface area (Å²) in [7, 11) is 2.10. The van der Waals surface area contributed by atoms with E-state index >= 15 is 0 Å². The second kappa shape index (κ2) is 5.07. The van der Waals surface area contributed by atoms with E-state index in [4.69, 9.17) is 4.42 Å². The molecule has 6 nitrogen and oxygen atoms in total. The maximum atomic E-state index is 12.6. The van der Waals surface area contributed by atoms with Gasteiger partial charge in [-0.25, -0.2) is 14.2 Å². The first-order valence-electron chi connectivity index (χ1n) is 9.08. The molecule has 0 N–H and O–H groups in total. The van der Waals surface area contributed by atoms with E-state index in [0.717, 1.165) is 46.8 Å². The molecule has 0 saturated heterocycles. The number of fused-ring (bicyclic) bond motifs is 7. The fourth-order valence-electron chi connectivity index (χ4n) is 4.17. The van der Waals surface area contributed by atoms with Gasteiger partial charge in [-0.2, -0.15) is 4.98 Å². The van der Waals surface area contributed by atoms with Crippen LogP contribution in [0.4, 0.5) is 5.69 Å². The van der Waals surface area contributed by atoms with Crippen LogP contribution < -0.4 is 10.6 Å². The largest absolute Gasteiger partial charge is 0.437 e. The van der Waals surface area contributed by atoms with E-state index in [9.17, 15) is 4.79 Å². The number of benzene rings is 2. The van der Waals surface area contributed by atoms with Crippen molar-refractivity contribution in [3.63, 3.8) is 0 Å². The number of hydrogen-bond donors (Lipinski definition) is 0. The van der Waals surface area contributed by atoms with Crippen molar-refractivity contribution in [1.82, 2.24) is 14.4 Å². The Labute approximate surface area is 153 Å². The molecular weight excluding hydrogens is 340 g/mol. The van der Waals surface area contributed by atoms with Gasteiger partial charge in [-0.3, -0.25) is 0 Å². The fraction of sp³-hybridized carbons (Fsp3) is 0.190. The van der Waals surface area contributed by atoms with Crippen molar-refractivity contribution in [2.45, 2.75) is 12.8 Å². The molecule has 0 bridgehead atoms. The maximum Gasteiger partial charge on any atom is 0.357 e. The van der Waals surface area contributed by atoms with Gasteiger partial charge in [0.15, 0.2) is 5.65 Å². The zero-order valence-electron chi connectivity index (χ0n) is 14.8. The highest BCUT2D eigenvalue weighted by molar-refractivity contribution is 5.99. The van der Waals surface area contributed by atoms with Gasteiger partial charge in [0.2, 0.25) is 5.71 Å². The molecule has 0 aliphatic carbocycles. The van der Waals surface area contributed by atoms with E-state index in [2.05, 4.69) is 34.0 Å². The Balaban J connectivity index is 1.76. The van der Waals surface area contributed by atoms with E-state index in [1.54, 1.807) is 4.40 Å². The Kier molecular flexibility index (Phi) is 2.76. The minimum absolute atomic E-state index is 0.328. The first-order chi connectivity index (χ1) is 13.2. The van der Waals surface area contributed by atoms with Crippen molar-refractivity contribution in [3.05, 3.63) is 58.5 Å². The third-order valence-electron chi connectivity index (χ3n) is 5.49. The summed E-state index contributed by atoms with van der Waals surface area (Å²) < 4.78 is 7.62. The molecule has 6 heteroatoms. The van der Waals surface area contributed by atoms with Crippen LogP contribution in [0.5, 0.6) is 0 Å². The summed E-state index contributed by atoms with van der Waals surface area (Å²) >= 11 is 0. The minimum Gasteiger partial charge on any atom is -0.437 e. The Bertz CT molecular complexity index is 1450. The number of anilines is 1. The van der Waals surface area contributed by atoms with Gasteiger partial charge in [-0.05, 0) is 42.7 Å². The summed E-state index contributed by atoms with van der Waals surface area (Å²) in [5, 5.41) is 1.76. The number of hydrogen-bond acceptors (Lipinski definition) is 5. The molecule has 4 heterocycles. The molecule has 1 aliphatic heterocycles. The average molecular weight is 356 g/mol. The summed E-state index contributed by atoms with van der Waals surface area (Å²) in [5.74, 6) is 0. The van der Waals surface area contributed by atoms with Gasteiger partial charge in [0.05, 0.1) is 16.4 Å². The van der Waals surface area contributed by atoms with Crippen molar-refractivity contribution >= 4 is 44.4 Å². The van der Waals surface area contributed by atoms with Crippen molar-refractivity contribution in [2.24, 2.45) is 0 Å². The standard InChI is InChI=1S/C21H16N4O2/c1-24-8-4-5-12-9-13-10-14-19-22-15-6-2-3-7-16(15)25(19)21(26)23-20(14)27-18(13)11-17(12)24/h2-3,6-7,9-11H,4-5,8H2,1H3. The van der Waals surface area contributed by atoms with Crippen LogP contribution in [0.15, 0.2) is 51.7 Å².